The largest absolute Gasteiger partial charge is 0.405 e. The molecule has 1 aliphatic heterocycles. The number of nitrogens with one attached hydrogen (secondary N) is 1. The number of nitrogens with two attached hydrogens (primary N) is 1. The highest BCUT2D eigenvalue weighted by Crippen LogP contribution is 2.49. The minimum Gasteiger partial charge on any atom is -0.405 e. The third-order valence-electron chi connectivity index (χ3n) is 6.96. The average molecular weight is 413 g/mol. The summed E-state index contributed by atoms with van der Waals surface area (Å²) in [4.78, 5) is 9.31. The molecular weight excluding hydrogens is 372 g/mol. The molecule has 3 N–H and O–H groups in total. The molecule has 0 amide bonds. The summed E-state index contributed by atoms with van der Waals surface area (Å²) >= 11 is 0. The summed E-state index contributed by atoms with van der Waals surface area (Å²) in [6.45, 7) is 6.28. The predicted octanol–water partition coefficient (Wildman–Crippen LogP) is 4.38. The van der Waals surface area contributed by atoms with Crippen molar-refractivity contribution in [1.29, 1.82) is 0 Å². The van der Waals surface area contributed by atoms with Crippen LogP contribution in [0.25, 0.3) is 0 Å². The van der Waals surface area contributed by atoms with Crippen molar-refractivity contribution in [1.82, 2.24) is 10.3 Å². The van der Waals surface area contributed by atoms with Crippen molar-refractivity contribution in [2.24, 2.45) is 16.6 Å². The van der Waals surface area contributed by atoms with E-state index < -0.39 is 0 Å². The number of ether oxygens (including phenoxy) is 1. The van der Waals surface area contributed by atoms with Gasteiger partial charge in [-0.2, -0.15) is 0 Å². The third-order valence-corrected chi connectivity index (χ3v) is 6.96. The van der Waals surface area contributed by atoms with Crippen LogP contribution in [0, 0.1) is 5.92 Å². The Hall–Kier alpha value is -1.72. The number of rotatable bonds is 9. The van der Waals surface area contributed by atoms with E-state index in [0.717, 1.165) is 44.5 Å². The first-order valence-electron chi connectivity index (χ1n) is 11.7. The van der Waals surface area contributed by atoms with Crippen LogP contribution in [0.15, 0.2) is 41.7 Å². The second-order valence-electron chi connectivity index (χ2n) is 9.55. The molecule has 2 fully saturated rings. The Morgan fingerprint density at radius 3 is 2.73 bits per heavy atom. The molecule has 5 heteroatoms. The fourth-order valence-electron chi connectivity index (χ4n) is 5.51. The first-order valence-corrected chi connectivity index (χ1v) is 11.7. The van der Waals surface area contributed by atoms with Gasteiger partial charge in [-0.1, -0.05) is 32.8 Å². The standard InChI is InChI=1S/C25H40N4O/c1-20(2)18-22(21(27-3)9-14-26)28-16-12-24(23-8-4-7-15-29-23)13-17-30-25(19-24)10-5-6-11-25/h4,7-9,14-15,20,22,28H,5-6,10-13,16-19,26H2,1-3H3/t22?,24-/m1/s1. The summed E-state index contributed by atoms with van der Waals surface area (Å²) in [5, 5.41) is 3.80. The van der Waals surface area contributed by atoms with Crippen LogP contribution in [0.4, 0.5) is 0 Å². The van der Waals surface area contributed by atoms with E-state index in [1.54, 1.807) is 6.20 Å². The maximum absolute atomic E-state index is 6.38. The molecule has 166 valence electrons. The zero-order valence-corrected chi connectivity index (χ0v) is 19.1. The van der Waals surface area contributed by atoms with Gasteiger partial charge < -0.3 is 15.8 Å². The first-order chi connectivity index (χ1) is 14.5. The van der Waals surface area contributed by atoms with E-state index >= 15 is 0 Å². The molecule has 2 atom stereocenters. The van der Waals surface area contributed by atoms with Crippen LogP contribution in [-0.2, 0) is 10.2 Å². The van der Waals surface area contributed by atoms with Crippen LogP contribution in [0.3, 0.4) is 0 Å². The van der Waals surface area contributed by atoms with Crippen LogP contribution in [0.2, 0.25) is 0 Å². The molecule has 3 rings (SSSR count). The molecule has 1 aromatic heterocycles. The summed E-state index contributed by atoms with van der Waals surface area (Å²) in [5.41, 5.74) is 8.06. The molecule has 0 aromatic carbocycles. The van der Waals surface area contributed by atoms with Gasteiger partial charge in [0.15, 0.2) is 0 Å². The SMILES string of the molecule is CN=C(C=CN)C(CC(C)C)NCC[C@@]1(c2ccccn2)CCOC2(CCCC2)C1. The van der Waals surface area contributed by atoms with Gasteiger partial charge in [0.05, 0.1) is 11.3 Å². The zero-order valence-electron chi connectivity index (χ0n) is 19.1. The number of nitrogens with zero attached hydrogens (tertiary/aromatic N) is 2. The molecule has 1 unspecified atom stereocenters. The lowest BCUT2D eigenvalue weighted by Gasteiger charge is -2.46. The van der Waals surface area contributed by atoms with Crippen molar-refractivity contribution in [2.45, 2.75) is 82.3 Å². The van der Waals surface area contributed by atoms with Crippen LogP contribution in [0.1, 0.15) is 70.9 Å². The summed E-state index contributed by atoms with van der Waals surface area (Å²) in [7, 11) is 1.85. The number of pyridine rings is 1. The van der Waals surface area contributed by atoms with Crippen molar-refractivity contribution >= 4 is 5.71 Å². The van der Waals surface area contributed by atoms with E-state index in [1.807, 2.05) is 25.4 Å². The van der Waals surface area contributed by atoms with Crippen molar-refractivity contribution < 1.29 is 4.74 Å². The van der Waals surface area contributed by atoms with E-state index in [4.69, 9.17) is 15.5 Å². The van der Waals surface area contributed by atoms with Gasteiger partial charge in [-0.25, -0.2) is 0 Å². The Morgan fingerprint density at radius 1 is 1.30 bits per heavy atom. The Morgan fingerprint density at radius 2 is 2.10 bits per heavy atom. The van der Waals surface area contributed by atoms with E-state index in [0.29, 0.717) is 5.92 Å². The van der Waals surface area contributed by atoms with Gasteiger partial charge in [0, 0.05) is 37.0 Å². The number of hydrogen-bond acceptors (Lipinski definition) is 5. The number of aromatic nitrogens is 1. The highest BCUT2D eigenvalue weighted by molar-refractivity contribution is 5.99. The highest BCUT2D eigenvalue weighted by atomic mass is 16.5. The zero-order chi connectivity index (χ0) is 21.5. The smallest absolute Gasteiger partial charge is 0.0691 e. The fourth-order valence-corrected chi connectivity index (χ4v) is 5.51. The Balaban J connectivity index is 1.76. The van der Waals surface area contributed by atoms with Gasteiger partial charge in [-0.05, 0) is 75.4 Å². The molecule has 2 heterocycles. The topological polar surface area (TPSA) is 72.5 Å². The molecule has 1 aromatic rings. The summed E-state index contributed by atoms with van der Waals surface area (Å²) in [5.74, 6) is 0.583. The highest BCUT2D eigenvalue weighted by Gasteiger charge is 2.48. The minimum absolute atomic E-state index is 0.0609. The molecule has 5 nitrogen and oxygen atoms in total. The molecule has 1 saturated carbocycles. The van der Waals surface area contributed by atoms with E-state index in [1.165, 1.54) is 31.4 Å². The molecular formula is C25H40N4O. The van der Waals surface area contributed by atoms with Crippen molar-refractivity contribution in [3.8, 4) is 0 Å². The molecule has 1 saturated heterocycles. The summed E-state index contributed by atoms with van der Waals surface area (Å²) in [6.07, 6.45) is 14.7. The van der Waals surface area contributed by atoms with E-state index in [-0.39, 0.29) is 17.1 Å². The van der Waals surface area contributed by atoms with Gasteiger partial charge in [-0.3, -0.25) is 9.98 Å². The average Bonchev–Trinajstić information content (AvgIpc) is 3.19. The predicted molar refractivity (Wildman–Crippen MR) is 125 cm³/mol. The maximum Gasteiger partial charge on any atom is 0.0691 e. The molecule has 0 radical (unpaired) electrons. The van der Waals surface area contributed by atoms with E-state index in [2.05, 4.69) is 36.3 Å². The second-order valence-corrected chi connectivity index (χ2v) is 9.55. The van der Waals surface area contributed by atoms with Crippen LogP contribution < -0.4 is 11.1 Å². The summed E-state index contributed by atoms with van der Waals surface area (Å²) in [6, 6.07) is 6.58. The van der Waals surface area contributed by atoms with Gasteiger partial charge in [0.2, 0.25) is 0 Å². The van der Waals surface area contributed by atoms with E-state index in [9.17, 15) is 0 Å². The van der Waals surface area contributed by atoms with Crippen molar-refractivity contribution in [3.63, 3.8) is 0 Å². The number of aliphatic imine (C=N–C) groups is 1. The van der Waals surface area contributed by atoms with Gasteiger partial charge >= 0.3 is 0 Å². The van der Waals surface area contributed by atoms with Crippen LogP contribution in [0.5, 0.6) is 0 Å². The lowest BCUT2D eigenvalue weighted by atomic mass is 9.68. The Kier molecular flexibility index (Phi) is 8.06. The Bertz CT molecular complexity index is 709. The van der Waals surface area contributed by atoms with Crippen LogP contribution >= 0.6 is 0 Å². The van der Waals surface area contributed by atoms with Crippen molar-refractivity contribution in [2.75, 3.05) is 20.2 Å². The van der Waals surface area contributed by atoms with Crippen LogP contribution in [-0.4, -0.2) is 42.5 Å². The molecule has 0 bridgehead atoms. The molecule has 2 aliphatic rings. The molecule has 30 heavy (non-hydrogen) atoms. The first kappa shape index (κ1) is 23.0. The van der Waals surface area contributed by atoms with Gasteiger partial charge in [0.25, 0.3) is 0 Å². The van der Waals surface area contributed by atoms with Gasteiger partial charge in [0.1, 0.15) is 0 Å². The lowest BCUT2D eigenvalue weighted by Crippen LogP contribution is -2.48. The molecule has 1 spiro atoms. The minimum atomic E-state index is 0.0609. The normalized spacial score (nSPS) is 25.4. The second kappa shape index (κ2) is 10.5. The summed E-state index contributed by atoms with van der Waals surface area (Å²) < 4.78 is 6.38. The van der Waals surface area contributed by atoms with Crippen molar-refractivity contribution in [3.05, 3.63) is 42.4 Å². The monoisotopic (exact) mass is 412 g/mol. The van der Waals surface area contributed by atoms with Gasteiger partial charge in [-0.15, -0.1) is 0 Å². The quantitative estimate of drug-likeness (QED) is 0.590. The third kappa shape index (κ3) is 5.50. The fraction of sp³-hybridized carbons (Fsp3) is 0.680. The Labute approximate surface area is 182 Å². The lowest BCUT2D eigenvalue weighted by molar-refractivity contribution is -0.104. The maximum atomic E-state index is 6.38. The number of hydrogen-bond donors (Lipinski definition) is 2. The molecule has 1 aliphatic carbocycles.